The Morgan fingerprint density at radius 2 is 1.87 bits per heavy atom. The van der Waals surface area contributed by atoms with Crippen LogP contribution in [0.3, 0.4) is 0 Å². The first-order chi connectivity index (χ1) is 6.93. The van der Waals surface area contributed by atoms with Crippen LogP contribution < -0.4 is 0 Å². The number of amides is 1. The normalized spacial score (nSPS) is 27.5. The zero-order valence-electron chi connectivity index (χ0n) is 10.8. The zero-order valence-corrected chi connectivity index (χ0v) is 10.8. The van der Waals surface area contributed by atoms with Gasteiger partial charge in [0.2, 0.25) is 5.91 Å². The summed E-state index contributed by atoms with van der Waals surface area (Å²) >= 11 is 0. The molecule has 1 heterocycles. The molecule has 0 aromatic rings. The first-order valence-corrected chi connectivity index (χ1v) is 6.22. The van der Waals surface area contributed by atoms with Gasteiger partial charge in [-0.3, -0.25) is 4.79 Å². The van der Waals surface area contributed by atoms with Crippen LogP contribution in [0.2, 0.25) is 0 Å². The predicted octanol–water partition coefficient (Wildman–Crippen LogP) is 2.78. The van der Waals surface area contributed by atoms with Crippen LogP contribution in [-0.2, 0) is 4.79 Å². The number of carbonyl (C=O) groups is 1. The van der Waals surface area contributed by atoms with Crippen molar-refractivity contribution in [3.8, 4) is 0 Å². The second kappa shape index (κ2) is 5.00. The van der Waals surface area contributed by atoms with Crippen molar-refractivity contribution in [1.29, 1.82) is 0 Å². The average Bonchev–Trinajstić information content (AvgIpc) is 2.16. The Kier molecular flexibility index (Phi) is 4.18. The van der Waals surface area contributed by atoms with E-state index < -0.39 is 0 Å². The topological polar surface area (TPSA) is 20.3 Å². The lowest BCUT2D eigenvalue weighted by Gasteiger charge is -2.39. The second-order valence-electron chi connectivity index (χ2n) is 5.61. The molecule has 0 aromatic carbocycles. The minimum Gasteiger partial charge on any atom is -0.342 e. The lowest BCUT2D eigenvalue weighted by molar-refractivity contribution is -0.137. The Morgan fingerprint density at radius 3 is 2.33 bits per heavy atom. The molecule has 1 saturated heterocycles. The van der Waals surface area contributed by atoms with Crippen molar-refractivity contribution in [3.63, 3.8) is 0 Å². The van der Waals surface area contributed by atoms with Crippen LogP contribution in [0.4, 0.5) is 0 Å². The van der Waals surface area contributed by atoms with E-state index in [4.69, 9.17) is 0 Å². The van der Waals surface area contributed by atoms with Gasteiger partial charge in [-0.1, -0.05) is 34.6 Å². The van der Waals surface area contributed by atoms with Gasteiger partial charge in [0.05, 0.1) is 0 Å². The summed E-state index contributed by atoms with van der Waals surface area (Å²) in [5, 5.41) is 0. The molecule has 0 bridgehead atoms. The van der Waals surface area contributed by atoms with Crippen LogP contribution in [0, 0.1) is 23.7 Å². The first-order valence-electron chi connectivity index (χ1n) is 6.22. The highest BCUT2D eigenvalue weighted by atomic mass is 16.2. The smallest absolute Gasteiger partial charge is 0.225 e. The van der Waals surface area contributed by atoms with Crippen LogP contribution in [0.5, 0.6) is 0 Å². The van der Waals surface area contributed by atoms with Crippen molar-refractivity contribution in [2.24, 2.45) is 23.7 Å². The highest BCUT2D eigenvalue weighted by Gasteiger charge is 2.31. The molecular weight excluding hydrogens is 186 g/mol. The maximum absolute atomic E-state index is 11.9. The molecule has 0 aromatic heterocycles. The number of piperidine rings is 1. The molecule has 2 atom stereocenters. The van der Waals surface area contributed by atoms with Crippen LogP contribution >= 0.6 is 0 Å². The highest BCUT2D eigenvalue weighted by molar-refractivity contribution is 5.78. The maximum Gasteiger partial charge on any atom is 0.225 e. The van der Waals surface area contributed by atoms with Gasteiger partial charge in [0.15, 0.2) is 0 Å². The van der Waals surface area contributed by atoms with E-state index >= 15 is 0 Å². The molecule has 1 aliphatic rings. The van der Waals surface area contributed by atoms with Gasteiger partial charge in [-0.15, -0.1) is 0 Å². The van der Waals surface area contributed by atoms with Crippen molar-refractivity contribution in [3.05, 3.63) is 0 Å². The van der Waals surface area contributed by atoms with Crippen LogP contribution in [0.15, 0.2) is 0 Å². The minimum absolute atomic E-state index is 0.145. The van der Waals surface area contributed by atoms with E-state index in [0.717, 1.165) is 19.0 Å². The van der Waals surface area contributed by atoms with Gasteiger partial charge in [0.25, 0.3) is 0 Å². The Morgan fingerprint density at radius 1 is 1.27 bits per heavy atom. The Balaban J connectivity index is 2.61. The molecule has 0 saturated carbocycles. The molecule has 1 aliphatic heterocycles. The van der Waals surface area contributed by atoms with E-state index in [2.05, 4.69) is 25.7 Å². The molecule has 1 fully saturated rings. The number of rotatable bonds is 2. The second-order valence-corrected chi connectivity index (χ2v) is 5.61. The van der Waals surface area contributed by atoms with Gasteiger partial charge < -0.3 is 4.90 Å². The molecule has 88 valence electrons. The number of carbonyl (C=O) groups excluding carboxylic acids is 1. The Hall–Kier alpha value is -0.530. The Labute approximate surface area is 94.0 Å². The van der Waals surface area contributed by atoms with Crippen molar-refractivity contribution in [2.45, 2.75) is 41.0 Å². The average molecular weight is 211 g/mol. The molecule has 0 aliphatic carbocycles. The van der Waals surface area contributed by atoms with Crippen LogP contribution in [0.1, 0.15) is 41.0 Å². The molecule has 1 amide bonds. The predicted molar refractivity (Wildman–Crippen MR) is 63.5 cm³/mol. The molecule has 15 heavy (non-hydrogen) atoms. The summed E-state index contributed by atoms with van der Waals surface area (Å²) in [5.41, 5.74) is 0. The molecule has 1 unspecified atom stereocenters. The standard InChI is InChI=1S/C13H25NO/c1-9(2)12-8-14(7-6-11(12)5)13(15)10(3)4/h9-12H,6-8H2,1-5H3/t11-,12?/m1/s1. The highest BCUT2D eigenvalue weighted by Crippen LogP contribution is 2.29. The van der Waals surface area contributed by atoms with Gasteiger partial charge in [0, 0.05) is 19.0 Å². The maximum atomic E-state index is 11.9. The molecule has 2 heteroatoms. The van der Waals surface area contributed by atoms with Crippen LogP contribution in [0.25, 0.3) is 0 Å². The minimum atomic E-state index is 0.145. The van der Waals surface area contributed by atoms with Gasteiger partial charge in [-0.25, -0.2) is 0 Å². The number of hydrogen-bond acceptors (Lipinski definition) is 1. The SMILES string of the molecule is CC(C)C(=O)N1CC[C@@H](C)C(C(C)C)C1. The molecule has 0 radical (unpaired) electrons. The third kappa shape index (κ3) is 2.96. The first kappa shape index (κ1) is 12.5. The van der Waals surface area contributed by atoms with E-state index in [0.29, 0.717) is 17.7 Å². The number of likely N-dealkylation sites (tertiary alicyclic amines) is 1. The quantitative estimate of drug-likeness (QED) is 0.688. The van der Waals surface area contributed by atoms with Gasteiger partial charge in [-0.2, -0.15) is 0 Å². The van der Waals surface area contributed by atoms with Crippen molar-refractivity contribution in [2.75, 3.05) is 13.1 Å². The summed E-state index contributed by atoms with van der Waals surface area (Å²) in [7, 11) is 0. The molecule has 1 rings (SSSR count). The third-order valence-corrected chi connectivity index (χ3v) is 3.68. The molecule has 2 nitrogen and oxygen atoms in total. The molecular formula is C13H25NO. The fourth-order valence-electron chi connectivity index (χ4n) is 2.53. The fraction of sp³-hybridized carbons (Fsp3) is 0.923. The van der Waals surface area contributed by atoms with E-state index in [9.17, 15) is 4.79 Å². The van der Waals surface area contributed by atoms with Crippen molar-refractivity contribution in [1.82, 2.24) is 4.90 Å². The third-order valence-electron chi connectivity index (χ3n) is 3.68. The fourth-order valence-corrected chi connectivity index (χ4v) is 2.53. The van der Waals surface area contributed by atoms with Crippen LogP contribution in [-0.4, -0.2) is 23.9 Å². The summed E-state index contributed by atoms with van der Waals surface area (Å²) in [5.74, 6) is 2.60. The summed E-state index contributed by atoms with van der Waals surface area (Å²) < 4.78 is 0. The van der Waals surface area contributed by atoms with Gasteiger partial charge in [-0.05, 0) is 24.2 Å². The van der Waals surface area contributed by atoms with Gasteiger partial charge >= 0.3 is 0 Å². The molecule has 0 spiro atoms. The van der Waals surface area contributed by atoms with Gasteiger partial charge in [0.1, 0.15) is 0 Å². The number of nitrogens with zero attached hydrogens (tertiary/aromatic N) is 1. The lowest BCUT2D eigenvalue weighted by Crippen LogP contribution is -2.46. The van der Waals surface area contributed by atoms with Crippen molar-refractivity contribution >= 4 is 5.91 Å². The Bertz CT molecular complexity index is 223. The largest absolute Gasteiger partial charge is 0.342 e. The zero-order chi connectivity index (χ0) is 11.6. The summed E-state index contributed by atoms with van der Waals surface area (Å²) in [6.07, 6.45) is 1.17. The van der Waals surface area contributed by atoms with E-state index in [1.165, 1.54) is 6.42 Å². The summed E-state index contributed by atoms with van der Waals surface area (Å²) in [6.45, 7) is 12.8. The van der Waals surface area contributed by atoms with E-state index in [1.54, 1.807) is 0 Å². The van der Waals surface area contributed by atoms with Crippen molar-refractivity contribution < 1.29 is 4.79 Å². The van der Waals surface area contributed by atoms with E-state index in [-0.39, 0.29) is 5.92 Å². The summed E-state index contributed by atoms with van der Waals surface area (Å²) in [4.78, 5) is 14.0. The lowest BCUT2D eigenvalue weighted by atomic mass is 9.79. The molecule has 0 N–H and O–H groups in total. The number of hydrogen-bond donors (Lipinski definition) is 0. The summed E-state index contributed by atoms with van der Waals surface area (Å²) in [6, 6.07) is 0. The monoisotopic (exact) mass is 211 g/mol. The van der Waals surface area contributed by atoms with E-state index in [1.807, 2.05) is 13.8 Å².